The predicted molar refractivity (Wildman–Crippen MR) is 101 cm³/mol. The van der Waals surface area contributed by atoms with Gasteiger partial charge in [0.25, 0.3) is 5.91 Å². The van der Waals surface area contributed by atoms with Crippen LogP contribution < -0.4 is 5.32 Å². The molecular weight excluding hydrogens is 373 g/mol. The number of hydrogen-bond acceptors (Lipinski definition) is 5. The molecule has 0 unspecified atom stereocenters. The average molecular weight is 391 g/mol. The van der Waals surface area contributed by atoms with E-state index in [1.165, 1.54) is 22.9 Å². The van der Waals surface area contributed by atoms with Gasteiger partial charge in [-0.3, -0.25) is 14.9 Å². The van der Waals surface area contributed by atoms with Crippen molar-refractivity contribution in [1.82, 2.24) is 14.9 Å². The zero-order valence-corrected chi connectivity index (χ0v) is 15.6. The lowest BCUT2D eigenvalue weighted by atomic mass is 9.84. The van der Waals surface area contributed by atoms with Gasteiger partial charge >= 0.3 is 0 Å². The number of hydrogen-bond donors (Lipinski definition) is 1. The molecule has 1 aromatic heterocycles. The molecular formula is C21H18FN5O2. The topological polar surface area (TPSA) is 99.0 Å². The van der Waals surface area contributed by atoms with Crippen LogP contribution in [0, 0.1) is 11.3 Å². The van der Waals surface area contributed by atoms with Gasteiger partial charge in [-0.15, -0.1) is 0 Å². The summed E-state index contributed by atoms with van der Waals surface area (Å²) < 4.78 is 14.5. The fourth-order valence-electron chi connectivity index (χ4n) is 4.12. The van der Waals surface area contributed by atoms with E-state index in [2.05, 4.69) is 15.3 Å². The largest absolute Gasteiger partial charge is 0.328 e. The van der Waals surface area contributed by atoms with E-state index < -0.39 is 17.5 Å². The van der Waals surface area contributed by atoms with E-state index in [4.69, 9.17) is 5.26 Å². The second kappa shape index (κ2) is 6.34. The van der Waals surface area contributed by atoms with Crippen molar-refractivity contribution in [2.75, 3.05) is 18.4 Å². The number of amides is 2. The Morgan fingerprint density at radius 2 is 2.07 bits per heavy atom. The van der Waals surface area contributed by atoms with Crippen molar-refractivity contribution in [3.8, 4) is 6.07 Å². The molecule has 8 heteroatoms. The first-order chi connectivity index (χ1) is 14.0. The number of alkyl halides is 1. The van der Waals surface area contributed by atoms with Crippen LogP contribution in [0.1, 0.15) is 52.2 Å². The van der Waals surface area contributed by atoms with Crippen molar-refractivity contribution in [3.05, 3.63) is 52.8 Å². The number of benzene rings is 1. The molecule has 1 spiro atoms. The molecule has 1 N–H and O–H groups in total. The van der Waals surface area contributed by atoms with Crippen LogP contribution in [0.15, 0.2) is 30.6 Å². The number of carbonyl (C=O) groups is 2. The number of carbonyl (C=O) groups excluding carboxylic acids is 2. The second-order valence-electron chi connectivity index (χ2n) is 8.02. The van der Waals surface area contributed by atoms with Gasteiger partial charge in [-0.25, -0.2) is 14.4 Å². The van der Waals surface area contributed by atoms with Crippen LogP contribution in [-0.4, -0.2) is 45.9 Å². The summed E-state index contributed by atoms with van der Waals surface area (Å²) in [5.41, 5.74) is 2.05. The lowest BCUT2D eigenvalue weighted by molar-refractivity contribution is -0.117. The highest BCUT2D eigenvalue weighted by Gasteiger charge is 2.61. The summed E-state index contributed by atoms with van der Waals surface area (Å²) in [7, 11) is 0. The Kier molecular flexibility index (Phi) is 3.88. The minimum atomic E-state index is -1.00. The lowest BCUT2D eigenvalue weighted by Crippen LogP contribution is -2.47. The van der Waals surface area contributed by atoms with E-state index >= 15 is 0 Å². The Morgan fingerprint density at radius 1 is 1.34 bits per heavy atom. The summed E-state index contributed by atoms with van der Waals surface area (Å²) in [6, 6.07) is 7.64. The second-order valence-corrected chi connectivity index (χ2v) is 8.02. The van der Waals surface area contributed by atoms with Gasteiger partial charge in [-0.05, 0) is 42.4 Å². The highest BCUT2D eigenvalue weighted by atomic mass is 19.1. The molecule has 2 aromatic rings. The number of halogens is 1. The molecule has 1 aliphatic heterocycles. The minimum absolute atomic E-state index is 0.0532. The molecule has 3 aliphatic rings. The molecule has 29 heavy (non-hydrogen) atoms. The van der Waals surface area contributed by atoms with Crippen LogP contribution in [-0.2, 0) is 10.2 Å². The monoisotopic (exact) mass is 391 g/mol. The Labute approximate surface area is 166 Å². The maximum absolute atomic E-state index is 14.5. The summed E-state index contributed by atoms with van der Waals surface area (Å²) in [5, 5.41) is 11.3. The third-order valence-corrected chi connectivity index (χ3v) is 5.97. The highest BCUT2D eigenvalue weighted by molar-refractivity contribution is 6.01. The molecule has 2 atom stereocenters. The minimum Gasteiger partial charge on any atom is -0.328 e. The fraction of sp³-hybridized carbons (Fsp3) is 0.381. The number of rotatable bonds is 4. The molecule has 1 aromatic carbocycles. The summed E-state index contributed by atoms with van der Waals surface area (Å²) >= 11 is 0. The Bertz CT molecular complexity index is 1060. The van der Waals surface area contributed by atoms with Crippen LogP contribution in [0.3, 0.4) is 0 Å². The summed E-state index contributed by atoms with van der Waals surface area (Å²) in [6.45, 7) is -0.0176. The van der Waals surface area contributed by atoms with Gasteiger partial charge in [-0.1, -0.05) is 12.1 Å². The normalized spacial score (nSPS) is 24.8. The van der Waals surface area contributed by atoms with Crippen LogP contribution in [0.4, 0.5) is 10.3 Å². The first-order valence-electron chi connectivity index (χ1n) is 9.60. The van der Waals surface area contributed by atoms with Gasteiger partial charge in [-0.2, -0.15) is 5.26 Å². The number of fused-ring (bicyclic) bond motifs is 2. The number of aromatic nitrogens is 2. The molecule has 5 rings (SSSR count). The average Bonchev–Trinajstić information content (AvgIpc) is 3.64. The summed E-state index contributed by atoms with van der Waals surface area (Å²) in [6.07, 6.45) is 4.25. The molecule has 2 saturated carbocycles. The zero-order chi connectivity index (χ0) is 20.2. The van der Waals surface area contributed by atoms with Crippen molar-refractivity contribution in [2.24, 2.45) is 0 Å². The van der Waals surface area contributed by atoms with Gasteiger partial charge in [0.2, 0.25) is 11.9 Å². The van der Waals surface area contributed by atoms with Crippen LogP contribution >= 0.6 is 0 Å². The van der Waals surface area contributed by atoms with Gasteiger partial charge in [0.05, 0.1) is 18.0 Å². The van der Waals surface area contributed by atoms with Crippen molar-refractivity contribution in [1.29, 1.82) is 5.26 Å². The molecule has 2 heterocycles. The van der Waals surface area contributed by atoms with Crippen molar-refractivity contribution in [3.63, 3.8) is 0 Å². The zero-order valence-electron chi connectivity index (χ0n) is 15.6. The number of anilines is 1. The van der Waals surface area contributed by atoms with Gasteiger partial charge < -0.3 is 4.90 Å². The quantitative estimate of drug-likeness (QED) is 0.862. The van der Waals surface area contributed by atoms with Gasteiger partial charge in [0.15, 0.2) is 0 Å². The molecule has 0 saturated heterocycles. The SMILES string of the molecule is N#Cc1cnc(NC(=O)CN2C[C@@]3(C[C@H]3F)c3cc(C4CC4)ccc3C2=O)nc1. The third kappa shape index (κ3) is 3.03. The van der Waals surface area contributed by atoms with E-state index in [0.717, 1.165) is 18.4 Å². The molecule has 0 bridgehead atoms. The maximum Gasteiger partial charge on any atom is 0.254 e. The van der Waals surface area contributed by atoms with Crippen molar-refractivity contribution in [2.45, 2.75) is 36.8 Å². The van der Waals surface area contributed by atoms with E-state index in [1.54, 1.807) is 6.07 Å². The maximum atomic E-state index is 14.5. The molecule has 7 nitrogen and oxygen atoms in total. The predicted octanol–water partition coefficient (Wildman–Crippen LogP) is 2.30. The molecule has 146 valence electrons. The highest BCUT2D eigenvalue weighted by Crippen LogP contribution is 2.55. The first kappa shape index (κ1) is 17.7. The van der Waals surface area contributed by atoms with Crippen molar-refractivity contribution >= 4 is 17.8 Å². The number of nitriles is 1. The van der Waals surface area contributed by atoms with Crippen molar-refractivity contribution < 1.29 is 14.0 Å². The first-order valence-corrected chi connectivity index (χ1v) is 9.60. The van der Waals surface area contributed by atoms with E-state index in [1.807, 2.05) is 18.2 Å². The summed E-state index contributed by atoms with van der Waals surface area (Å²) in [4.78, 5) is 34.6. The fourth-order valence-corrected chi connectivity index (χ4v) is 4.12. The molecule has 0 radical (unpaired) electrons. The smallest absolute Gasteiger partial charge is 0.254 e. The van der Waals surface area contributed by atoms with E-state index in [0.29, 0.717) is 17.9 Å². The number of nitrogens with zero attached hydrogens (tertiary/aromatic N) is 4. The Morgan fingerprint density at radius 3 is 2.69 bits per heavy atom. The third-order valence-electron chi connectivity index (χ3n) is 5.97. The standard InChI is InChI=1S/C21H18FN5O2/c22-17-6-21(17)11-27(10-18(28)26-20-24-8-12(7-23)9-25-20)19(29)15-4-3-14(5-16(15)21)13-1-2-13/h3-5,8-9,13,17H,1-2,6,10-11H2,(H,24,25,26,28)/t17-,21+/m1/s1. The van der Waals surface area contributed by atoms with Crippen LogP contribution in [0.2, 0.25) is 0 Å². The van der Waals surface area contributed by atoms with Gasteiger partial charge in [0, 0.05) is 17.5 Å². The molecule has 2 amide bonds. The Hall–Kier alpha value is -3.34. The number of nitrogens with one attached hydrogen (secondary N) is 1. The molecule has 2 fully saturated rings. The lowest BCUT2D eigenvalue weighted by Gasteiger charge is -2.34. The van der Waals surface area contributed by atoms with Crippen LogP contribution in [0.25, 0.3) is 0 Å². The van der Waals surface area contributed by atoms with Gasteiger partial charge in [0.1, 0.15) is 18.8 Å². The van der Waals surface area contributed by atoms with E-state index in [-0.39, 0.29) is 30.5 Å². The van der Waals surface area contributed by atoms with E-state index in [9.17, 15) is 14.0 Å². The summed E-state index contributed by atoms with van der Waals surface area (Å²) in [5.74, 6) is -0.145. The Balaban J connectivity index is 1.35. The van der Waals surface area contributed by atoms with Crippen LogP contribution in [0.5, 0.6) is 0 Å². The molecule has 2 aliphatic carbocycles.